The summed E-state index contributed by atoms with van der Waals surface area (Å²) in [6.07, 6.45) is 4.98. The first-order chi connectivity index (χ1) is 10.2. The first kappa shape index (κ1) is 14.1. The predicted octanol–water partition coefficient (Wildman–Crippen LogP) is 1.85. The normalized spacial score (nSPS) is 19.9. The van der Waals surface area contributed by atoms with Crippen molar-refractivity contribution < 1.29 is 9.59 Å². The molecule has 1 aliphatic heterocycles. The maximum absolute atomic E-state index is 12.6. The molecule has 1 aromatic carbocycles. The van der Waals surface area contributed by atoms with E-state index in [9.17, 15) is 9.59 Å². The second kappa shape index (κ2) is 5.88. The highest BCUT2D eigenvalue weighted by Crippen LogP contribution is 2.43. The lowest BCUT2D eigenvalue weighted by Crippen LogP contribution is -2.51. The maximum Gasteiger partial charge on any atom is 0.241 e. The van der Waals surface area contributed by atoms with E-state index < -0.39 is 5.41 Å². The Hall–Kier alpha value is -1.84. The molecule has 4 heteroatoms. The molecular formula is C17H22N2O2. The van der Waals surface area contributed by atoms with Gasteiger partial charge in [-0.2, -0.15) is 0 Å². The highest BCUT2D eigenvalue weighted by atomic mass is 16.2. The standard InChI is InChI=1S/C17H22N2O2/c20-15(19-11-4-5-12-19)13-18-16(21)17(9-6-10-17)14-7-2-1-3-8-14/h1-3,7-8H,4-6,9-13H2,(H,18,21). The predicted molar refractivity (Wildman–Crippen MR) is 80.8 cm³/mol. The van der Waals surface area contributed by atoms with E-state index in [4.69, 9.17) is 0 Å². The molecule has 1 aromatic rings. The molecule has 2 aliphatic rings. The smallest absolute Gasteiger partial charge is 0.241 e. The van der Waals surface area contributed by atoms with E-state index in [0.717, 1.165) is 50.8 Å². The van der Waals surface area contributed by atoms with Crippen LogP contribution in [0.15, 0.2) is 30.3 Å². The van der Waals surface area contributed by atoms with E-state index in [1.807, 2.05) is 35.2 Å². The number of nitrogens with one attached hydrogen (secondary N) is 1. The van der Waals surface area contributed by atoms with Gasteiger partial charge in [-0.25, -0.2) is 0 Å². The van der Waals surface area contributed by atoms with Crippen molar-refractivity contribution >= 4 is 11.8 Å². The molecule has 0 aromatic heterocycles. The van der Waals surface area contributed by atoms with Gasteiger partial charge >= 0.3 is 0 Å². The minimum Gasteiger partial charge on any atom is -0.346 e. The Bertz CT molecular complexity index is 517. The molecule has 0 spiro atoms. The quantitative estimate of drug-likeness (QED) is 0.918. The third kappa shape index (κ3) is 2.67. The van der Waals surface area contributed by atoms with Crippen LogP contribution in [0.3, 0.4) is 0 Å². The van der Waals surface area contributed by atoms with Gasteiger partial charge in [-0.05, 0) is 31.2 Å². The zero-order chi connectivity index (χ0) is 14.7. The topological polar surface area (TPSA) is 49.4 Å². The average molecular weight is 286 g/mol. The third-order valence-electron chi connectivity index (χ3n) is 4.83. The number of likely N-dealkylation sites (tertiary alicyclic amines) is 1. The lowest BCUT2D eigenvalue weighted by atomic mass is 9.64. The van der Waals surface area contributed by atoms with Gasteiger partial charge < -0.3 is 10.2 Å². The zero-order valence-electron chi connectivity index (χ0n) is 12.3. The summed E-state index contributed by atoms with van der Waals surface area (Å²) in [6.45, 7) is 1.80. The summed E-state index contributed by atoms with van der Waals surface area (Å²) in [4.78, 5) is 26.5. The van der Waals surface area contributed by atoms with E-state index in [-0.39, 0.29) is 18.4 Å². The molecule has 1 N–H and O–H groups in total. The fourth-order valence-corrected chi connectivity index (χ4v) is 3.34. The van der Waals surface area contributed by atoms with Crippen LogP contribution in [-0.2, 0) is 15.0 Å². The van der Waals surface area contributed by atoms with E-state index in [2.05, 4.69) is 5.32 Å². The molecule has 3 rings (SSSR count). The Morgan fingerprint density at radius 2 is 1.71 bits per heavy atom. The first-order valence-corrected chi connectivity index (χ1v) is 7.84. The number of carbonyl (C=O) groups is 2. The monoisotopic (exact) mass is 286 g/mol. The number of hydrogen-bond acceptors (Lipinski definition) is 2. The molecule has 2 fully saturated rings. The molecule has 1 aliphatic carbocycles. The van der Waals surface area contributed by atoms with Gasteiger partial charge in [0, 0.05) is 13.1 Å². The van der Waals surface area contributed by atoms with Gasteiger partial charge in [0.25, 0.3) is 0 Å². The minimum absolute atomic E-state index is 0.00694. The summed E-state index contributed by atoms with van der Waals surface area (Å²) in [7, 11) is 0. The Morgan fingerprint density at radius 1 is 1.05 bits per heavy atom. The number of amides is 2. The van der Waals surface area contributed by atoms with Crippen molar-refractivity contribution in [1.29, 1.82) is 0 Å². The molecule has 4 nitrogen and oxygen atoms in total. The van der Waals surface area contributed by atoms with Crippen molar-refractivity contribution in [3.63, 3.8) is 0 Å². The second-order valence-electron chi connectivity index (χ2n) is 6.07. The summed E-state index contributed by atoms with van der Waals surface area (Å²) in [6, 6.07) is 9.93. The van der Waals surface area contributed by atoms with Crippen molar-refractivity contribution in [2.45, 2.75) is 37.5 Å². The van der Waals surface area contributed by atoms with Crippen LogP contribution in [0.1, 0.15) is 37.7 Å². The lowest BCUT2D eigenvalue weighted by molar-refractivity contribution is -0.135. The summed E-state index contributed by atoms with van der Waals surface area (Å²) in [5.41, 5.74) is 0.661. The summed E-state index contributed by atoms with van der Waals surface area (Å²) >= 11 is 0. The van der Waals surface area contributed by atoms with Crippen LogP contribution >= 0.6 is 0 Å². The molecule has 0 atom stereocenters. The van der Waals surface area contributed by atoms with Crippen LogP contribution in [0, 0.1) is 0 Å². The van der Waals surface area contributed by atoms with Gasteiger partial charge in [0.1, 0.15) is 0 Å². The third-order valence-corrected chi connectivity index (χ3v) is 4.83. The Kier molecular flexibility index (Phi) is 3.95. The molecule has 21 heavy (non-hydrogen) atoms. The van der Waals surface area contributed by atoms with Crippen molar-refractivity contribution in [3.8, 4) is 0 Å². The van der Waals surface area contributed by atoms with Crippen molar-refractivity contribution in [3.05, 3.63) is 35.9 Å². The molecule has 0 radical (unpaired) electrons. The molecule has 0 bridgehead atoms. The molecule has 1 heterocycles. The van der Waals surface area contributed by atoms with Gasteiger partial charge in [-0.1, -0.05) is 36.8 Å². The highest BCUT2D eigenvalue weighted by Gasteiger charge is 2.45. The van der Waals surface area contributed by atoms with Gasteiger partial charge in [0.15, 0.2) is 0 Å². The molecule has 1 saturated heterocycles. The van der Waals surface area contributed by atoms with E-state index >= 15 is 0 Å². The number of benzene rings is 1. The van der Waals surface area contributed by atoms with Crippen LogP contribution in [-0.4, -0.2) is 36.3 Å². The van der Waals surface area contributed by atoms with Crippen LogP contribution in [0.4, 0.5) is 0 Å². The highest BCUT2D eigenvalue weighted by molar-refractivity contribution is 5.92. The minimum atomic E-state index is -0.410. The SMILES string of the molecule is O=C(CNC(=O)C1(c2ccccc2)CCC1)N1CCCC1. The molecule has 112 valence electrons. The first-order valence-electron chi connectivity index (χ1n) is 7.84. The van der Waals surface area contributed by atoms with Crippen molar-refractivity contribution in [1.82, 2.24) is 10.2 Å². The van der Waals surface area contributed by atoms with Crippen LogP contribution < -0.4 is 5.32 Å². The lowest BCUT2D eigenvalue weighted by Gasteiger charge is -2.40. The molecule has 1 saturated carbocycles. The Morgan fingerprint density at radius 3 is 2.29 bits per heavy atom. The Balaban J connectivity index is 1.62. The average Bonchev–Trinajstić information content (AvgIpc) is 2.99. The summed E-state index contributed by atoms with van der Waals surface area (Å²) < 4.78 is 0. The van der Waals surface area contributed by atoms with Crippen molar-refractivity contribution in [2.75, 3.05) is 19.6 Å². The Labute approximate surface area is 125 Å². The number of hydrogen-bond donors (Lipinski definition) is 1. The van der Waals surface area contributed by atoms with Gasteiger partial charge in [-0.3, -0.25) is 9.59 Å². The summed E-state index contributed by atoms with van der Waals surface area (Å²) in [5.74, 6) is 0.0517. The maximum atomic E-state index is 12.6. The summed E-state index contributed by atoms with van der Waals surface area (Å²) in [5, 5.41) is 2.87. The number of carbonyl (C=O) groups excluding carboxylic acids is 2. The van der Waals surface area contributed by atoms with Gasteiger partial charge in [-0.15, -0.1) is 0 Å². The van der Waals surface area contributed by atoms with Gasteiger partial charge in [0.05, 0.1) is 12.0 Å². The van der Waals surface area contributed by atoms with Crippen LogP contribution in [0.5, 0.6) is 0 Å². The van der Waals surface area contributed by atoms with E-state index in [1.165, 1.54) is 0 Å². The fourth-order valence-electron chi connectivity index (χ4n) is 3.34. The van der Waals surface area contributed by atoms with Gasteiger partial charge in [0.2, 0.25) is 11.8 Å². The number of rotatable bonds is 4. The second-order valence-corrected chi connectivity index (χ2v) is 6.07. The van der Waals surface area contributed by atoms with Crippen LogP contribution in [0.25, 0.3) is 0 Å². The van der Waals surface area contributed by atoms with Crippen molar-refractivity contribution in [2.24, 2.45) is 0 Å². The fraction of sp³-hybridized carbons (Fsp3) is 0.529. The molecule has 0 unspecified atom stereocenters. The molecular weight excluding hydrogens is 264 g/mol. The van der Waals surface area contributed by atoms with E-state index in [1.54, 1.807) is 0 Å². The van der Waals surface area contributed by atoms with Crippen LogP contribution in [0.2, 0.25) is 0 Å². The zero-order valence-corrected chi connectivity index (χ0v) is 12.3. The van der Waals surface area contributed by atoms with E-state index in [0.29, 0.717) is 0 Å². The molecule has 2 amide bonds. The number of nitrogens with zero attached hydrogens (tertiary/aromatic N) is 1. The largest absolute Gasteiger partial charge is 0.346 e.